The van der Waals surface area contributed by atoms with Crippen LogP contribution >= 0.6 is 15.9 Å². The standard InChI is InChI=1S/C19H20BrN3O/c1-13-19(20)14-8-4-6-10-16(14)23(13)12-18(24)21-15-9-5-7-11-17(15)22(2)3/h4-11H,12H2,1-3H3,(H,21,24). The monoisotopic (exact) mass is 385 g/mol. The van der Waals surface area contributed by atoms with Gasteiger partial charge in [-0.1, -0.05) is 30.3 Å². The van der Waals surface area contributed by atoms with Gasteiger partial charge in [0, 0.05) is 35.2 Å². The Labute approximate surface area is 150 Å². The molecule has 0 bridgehead atoms. The number of amides is 1. The molecule has 3 rings (SSSR count). The number of fused-ring (bicyclic) bond motifs is 1. The number of anilines is 2. The zero-order chi connectivity index (χ0) is 17.3. The first kappa shape index (κ1) is 16.6. The summed E-state index contributed by atoms with van der Waals surface area (Å²) in [7, 11) is 3.93. The van der Waals surface area contributed by atoms with Gasteiger partial charge in [0.15, 0.2) is 0 Å². The Morgan fingerprint density at radius 1 is 1.12 bits per heavy atom. The molecule has 0 fully saturated rings. The molecule has 1 aromatic heterocycles. The Kier molecular flexibility index (Phi) is 4.62. The van der Waals surface area contributed by atoms with Gasteiger partial charge in [0.2, 0.25) is 5.91 Å². The van der Waals surface area contributed by atoms with Gasteiger partial charge in [0.05, 0.1) is 11.4 Å². The molecule has 2 aromatic carbocycles. The Hall–Kier alpha value is -2.27. The molecule has 0 aliphatic heterocycles. The molecular formula is C19H20BrN3O. The maximum atomic E-state index is 12.6. The van der Waals surface area contributed by atoms with E-state index in [1.54, 1.807) is 0 Å². The van der Waals surface area contributed by atoms with Crippen LogP contribution < -0.4 is 10.2 Å². The Bertz CT molecular complexity index is 899. The van der Waals surface area contributed by atoms with Crippen molar-refractivity contribution in [2.45, 2.75) is 13.5 Å². The van der Waals surface area contributed by atoms with Crippen molar-refractivity contribution in [1.82, 2.24) is 4.57 Å². The maximum Gasteiger partial charge on any atom is 0.244 e. The summed E-state index contributed by atoms with van der Waals surface area (Å²) in [6.45, 7) is 2.30. The van der Waals surface area contributed by atoms with Crippen LogP contribution in [0.25, 0.3) is 10.9 Å². The topological polar surface area (TPSA) is 37.3 Å². The molecule has 0 atom stereocenters. The van der Waals surface area contributed by atoms with Crippen LogP contribution in [-0.4, -0.2) is 24.6 Å². The fourth-order valence-electron chi connectivity index (χ4n) is 2.90. The van der Waals surface area contributed by atoms with E-state index in [0.717, 1.165) is 32.4 Å². The van der Waals surface area contributed by atoms with E-state index in [0.29, 0.717) is 0 Å². The third-order valence-electron chi connectivity index (χ3n) is 4.12. The summed E-state index contributed by atoms with van der Waals surface area (Å²) in [5.41, 5.74) is 3.91. The third-order valence-corrected chi connectivity index (χ3v) is 5.12. The highest BCUT2D eigenvalue weighted by atomic mass is 79.9. The number of carbonyl (C=O) groups excluding carboxylic acids is 1. The van der Waals surface area contributed by atoms with Crippen molar-refractivity contribution in [2.24, 2.45) is 0 Å². The molecule has 0 unspecified atom stereocenters. The molecule has 0 spiro atoms. The van der Waals surface area contributed by atoms with E-state index in [9.17, 15) is 4.79 Å². The van der Waals surface area contributed by atoms with Crippen LogP contribution in [0.5, 0.6) is 0 Å². The largest absolute Gasteiger partial charge is 0.376 e. The SMILES string of the molecule is Cc1c(Br)c2ccccc2n1CC(=O)Nc1ccccc1N(C)C. The van der Waals surface area contributed by atoms with Crippen LogP contribution in [0.2, 0.25) is 0 Å². The number of aromatic nitrogens is 1. The van der Waals surface area contributed by atoms with Crippen molar-refractivity contribution in [3.63, 3.8) is 0 Å². The van der Waals surface area contributed by atoms with E-state index < -0.39 is 0 Å². The summed E-state index contributed by atoms with van der Waals surface area (Å²) in [6, 6.07) is 15.9. The van der Waals surface area contributed by atoms with E-state index >= 15 is 0 Å². The van der Waals surface area contributed by atoms with Gasteiger partial charge in [0.1, 0.15) is 6.54 Å². The fraction of sp³-hybridized carbons (Fsp3) is 0.211. The van der Waals surface area contributed by atoms with Crippen LogP contribution in [0.3, 0.4) is 0 Å². The Balaban J connectivity index is 1.88. The average molecular weight is 386 g/mol. The van der Waals surface area contributed by atoms with E-state index in [-0.39, 0.29) is 12.5 Å². The van der Waals surface area contributed by atoms with E-state index in [1.807, 2.05) is 73.0 Å². The molecular weight excluding hydrogens is 366 g/mol. The summed E-state index contributed by atoms with van der Waals surface area (Å²) < 4.78 is 3.08. The number of para-hydroxylation sites is 3. The highest BCUT2D eigenvalue weighted by molar-refractivity contribution is 9.10. The second kappa shape index (κ2) is 6.69. The molecule has 0 aliphatic rings. The van der Waals surface area contributed by atoms with Gasteiger partial charge < -0.3 is 14.8 Å². The highest BCUT2D eigenvalue weighted by Crippen LogP contribution is 2.30. The number of rotatable bonds is 4. The zero-order valence-electron chi connectivity index (χ0n) is 14.0. The second-order valence-electron chi connectivity index (χ2n) is 5.96. The van der Waals surface area contributed by atoms with E-state index in [1.165, 1.54) is 0 Å². The molecule has 0 aliphatic carbocycles. The van der Waals surface area contributed by atoms with Gasteiger partial charge in [-0.3, -0.25) is 4.79 Å². The van der Waals surface area contributed by atoms with Crippen LogP contribution in [-0.2, 0) is 11.3 Å². The molecule has 1 heterocycles. The summed E-state index contributed by atoms with van der Waals surface area (Å²) in [5.74, 6) is -0.0411. The van der Waals surface area contributed by atoms with Gasteiger partial charge in [-0.05, 0) is 41.1 Å². The summed E-state index contributed by atoms with van der Waals surface area (Å²) in [6.07, 6.45) is 0. The predicted octanol–water partition coefficient (Wildman–Crippen LogP) is 4.42. The van der Waals surface area contributed by atoms with Crippen molar-refractivity contribution >= 4 is 44.1 Å². The van der Waals surface area contributed by atoms with Crippen LogP contribution in [0, 0.1) is 6.92 Å². The molecule has 1 amide bonds. The van der Waals surface area contributed by atoms with Crippen molar-refractivity contribution in [2.75, 3.05) is 24.3 Å². The minimum Gasteiger partial charge on any atom is -0.376 e. The lowest BCUT2D eigenvalue weighted by molar-refractivity contribution is -0.116. The molecule has 5 heteroatoms. The van der Waals surface area contributed by atoms with Gasteiger partial charge in [-0.15, -0.1) is 0 Å². The van der Waals surface area contributed by atoms with Crippen molar-refractivity contribution in [3.8, 4) is 0 Å². The first-order valence-electron chi connectivity index (χ1n) is 7.78. The number of halogens is 1. The fourth-order valence-corrected chi connectivity index (χ4v) is 3.44. The summed E-state index contributed by atoms with van der Waals surface area (Å²) in [5, 5.41) is 4.15. The Morgan fingerprint density at radius 3 is 2.54 bits per heavy atom. The van der Waals surface area contributed by atoms with Crippen molar-refractivity contribution < 1.29 is 4.79 Å². The van der Waals surface area contributed by atoms with Crippen LogP contribution in [0.15, 0.2) is 53.0 Å². The molecule has 124 valence electrons. The smallest absolute Gasteiger partial charge is 0.244 e. The lowest BCUT2D eigenvalue weighted by Gasteiger charge is -2.18. The molecule has 1 N–H and O–H groups in total. The number of benzene rings is 2. The lowest BCUT2D eigenvalue weighted by Crippen LogP contribution is -2.21. The molecule has 0 saturated heterocycles. The number of hydrogen-bond donors (Lipinski definition) is 1. The van der Waals surface area contributed by atoms with Gasteiger partial charge in [0.25, 0.3) is 0 Å². The second-order valence-corrected chi connectivity index (χ2v) is 6.76. The van der Waals surface area contributed by atoms with E-state index in [2.05, 4.69) is 27.3 Å². The van der Waals surface area contributed by atoms with Crippen molar-refractivity contribution in [3.05, 3.63) is 58.7 Å². The third kappa shape index (κ3) is 3.04. The quantitative estimate of drug-likeness (QED) is 0.721. The number of nitrogens with one attached hydrogen (secondary N) is 1. The highest BCUT2D eigenvalue weighted by Gasteiger charge is 2.15. The van der Waals surface area contributed by atoms with Crippen LogP contribution in [0.4, 0.5) is 11.4 Å². The minimum absolute atomic E-state index is 0.0411. The van der Waals surface area contributed by atoms with Gasteiger partial charge in [-0.25, -0.2) is 0 Å². The van der Waals surface area contributed by atoms with Crippen LogP contribution in [0.1, 0.15) is 5.69 Å². The molecule has 3 aromatic rings. The first-order valence-corrected chi connectivity index (χ1v) is 8.58. The predicted molar refractivity (Wildman–Crippen MR) is 104 cm³/mol. The minimum atomic E-state index is -0.0411. The van der Waals surface area contributed by atoms with E-state index in [4.69, 9.17) is 0 Å². The number of hydrogen-bond acceptors (Lipinski definition) is 2. The zero-order valence-corrected chi connectivity index (χ0v) is 15.6. The summed E-state index contributed by atoms with van der Waals surface area (Å²) >= 11 is 3.63. The Morgan fingerprint density at radius 2 is 1.79 bits per heavy atom. The number of carbonyl (C=O) groups is 1. The number of nitrogens with zero attached hydrogens (tertiary/aromatic N) is 2. The maximum absolute atomic E-state index is 12.6. The van der Waals surface area contributed by atoms with Gasteiger partial charge >= 0.3 is 0 Å². The lowest BCUT2D eigenvalue weighted by atomic mass is 10.2. The van der Waals surface area contributed by atoms with Crippen molar-refractivity contribution in [1.29, 1.82) is 0 Å². The van der Waals surface area contributed by atoms with Gasteiger partial charge in [-0.2, -0.15) is 0 Å². The average Bonchev–Trinajstić information content (AvgIpc) is 2.80. The summed E-state index contributed by atoms with van der Waals surface area (Å²) in [4.78, 5) is 14.6. The molecule has 4 nitrogen and oxygen atoms in total. The molecule has 0 radical (unpaired) electrons. The first-order chi connectivity index (χ1) is 11.5. The molecule has 24 heavy (non-hydrogen) atoms. The molecule has 0 saturated carbocycles. The normalized spacial score (nSPS) is 10.8.